The second kappa shape index (κ2) is 11.3. The molecule has 0 saturated carbocycles. The quantitative estimate of drug-likeness (QED) is 0.415. The first-order valence-electron chi connectivity index (χ1n) is 11.3. The average Bonchev–Trinajstić information content (AvgIpc) is 2.79. The van der Waals surface area contributed by atoms with Gasteiger partial charge in [-0.3, -0.25) is 14.2 Å². The summed E-state index contributed by atoms with van der Waals surface area (Å²) in [6.07, 6.45) is -5.59. The molecule has 1 amide bonds. The van der Waals surface area contributed by atoms with E-state index < -0.39 is 29.7 Å². The number of carbonyl (C=O) groups excluding carboxylic acids is 1. The molecule has 3 rings (SSSR count). The molecule has 0 aliphatic rings. The van der Waals surface area contributed by atoms with Gasteiger partial charge >= 0.3 is 6.18 Å². The van der Waals surface area contributed by atoms with E-state index >= 15 is 0 Å². The smallest absolute Gasteiger partial charge is 0.389 e. The molecule has 0 unspecified atom stereocenters. The number of halogens is 4. The number of nitrogens with zero attached hydrogens (tertiary/aromatic N) is 2. The average molecular weight is 522 g/mol. The minimum absolute atomic E-state index is 0.0285. The van der Waals surface area contributed by atoms with Crippen LogP contribution in [-0.4, -0.2) is 38.9 Å². The van der Waals surface area contributed by atoms with E-state index in [-0.39, 0.29) is 31.8 Å². The molecular formula is C26H27ClF3N3O3. The lowest BCUT2D eigenvalue weighted by atomic mass is 10.1. The van der Waals surface area contributed by atoms with Crippen LogP contribution in [0.3, 0.4) is 0 Å². The van der Waals surface area contributed by atoms with Crippen LogP contribution < -0.4 is 10.9 Å². The third-order valence-electron chi connectivity index (χ3n) is 5.30. The number of amides is 1. The predicted molar refractivity (Wildman–Crippen MR) is 132 cm³/mol. The molecule has 0 saturated heterocycles. The van der Waals surface area contributed by atoms with Crippen molar-refractivity contribution in [1.29, 1.82) is 0 Å². The van der Waals surface area contributed by atoms with Gasteiger partial charge in [-0.25, -0.2) is 4.98 Å². The van der Waals surface area contributed by atoms with Crippen molar-refractivity contribution in [2.45, 2.75) is 51.4 Å². The number of aliphatic hydroxyl groups is 1. The number of aromatic nitrogens is 2. The monoisotopic (exact) mass is 521 g/mol. The van der Waals surface area contributed by atoms with Crippen LogP contribution in [0.4, 0.5) is 13.2 Å². The van der Waals surface area contributed by atoms with Gasteiger partial charge in [-0.05, 0) is 50.1 Å². The van der Waals surface area contributed by atoms with Crippen molar-refractivity contribution < 1.29 is 23.1 Å². The van der Waals surface area contributed by atoms with Crippen molar-refractivity contribution in [2.75, 3.05) is 6.54 Å². The Morgan fingerprint density at radius 1 is 1.11 bits per heavy atom. The number of alkyl halides is 3. The van der Waals surface area contributed by atoms with Gasteiger partial charge in [-0.1, -0.05) is 35.9 Å². The van der Waals surface area contributed by atoms with Gasteiger partial charge in [0.05, 0.1) is 17.8 Å². The van der Waals surface area contributed by atoms with E-state index in [1.54, 1.807) is 62.4 Å². The van der Waals surface area contributed by atoms with Crippen LogP contribution in [0, 0.1) is 0 Å². The zero-order valence-electron chi connectivity index (χ0n) is 19.9. The third-order valence-corrected chi connectivity index (χ3v) is 5.55. The van der Waals surface area contributed by atoms with Crippen LogP contribution in [0.15, 0.2) is 59.4 Å². The number of nitrogens with one attached hydrogen (secondary N) is 1. The first-order chi connectivity index (χ1) is 16.8. The van der Waals surface area contributed by atoms with Gasteiger partial charge in [-0.2, -0.15) is 13.2 Å². The molecule has 192 valence electrons. The molecule has 0 bridgehead atoms. The summed E-state index contributed by atoms with van der Waals surface area (Å²) in [4.78, 5) is 30.0. The summed E-state index contributed by atoms with van der Waals surface area (Å²) in [6, 6.07) is 14.5. The fourth-order valence-electron chi connectivity index (χ4n) is 3.52. The number of aryl methyl sites for hydroxylation is 1. The lowest BCUT2D eigenvalue weighted by Gasteiger charge is -2.18. The molecule has 1 heterocycles. The Balaban J connectivity index is 1.91. The SMILES string of the molecule is CC(C)(O)CNC(=O)c1cccc(Cn2c(CCCC(F)(F)F)nc(-c3ccc(Cl)cc3)cc2=O)c1. The molecular weight excluding hydrogens is 495 g/mol. The van der Waals surface area contributed by atoms with Gasteiger partial charge in [0.15, 0.2) is 0 Å². The van der Waals surface area contributed by atoms with Crippen LogP contribution in [0.5, 0.6) is 0 Å². The van der Waals surface area contributed by atoms with E-state index in [0.29, 0.717) is 27.4 Å². The number of hydrogen-bond acceptors (Lipinski definition) is 4. The third kappa shape index (κ3) is 8.20. The first-order valence-corrected chi connectivity index (χ1v) is 11.7. The highest BCUT2D eigenvalue weighted by Gasteiger charge is 2.26. The Labute approximate surface area is 211 Å². The Kier molecular flexibility index (Phi) is 8.58. The van der Waals surface area contributed by atoms with E-state index in [1.807, 2.05) is 0 Å². The Morgan fingerprint density at radius 2 is 1.81 bits per heavy atom. The Bertz CT molecular complexity index is 1270. The zero-order valence-corrected chi connectivity index (χ0v) is 20.7. The molecule has 0 radical (unpaired) electrons. The second-order valence-corrected chi connectivity index (χ2v) is 9.59. The molecule has 0 aliphatic carbocycles. The number of rotatable bonds is 9. The molecule has 1 aromatic heterocycles. The van der Waals surface area contributed by atoms with Crippen LogP contribution >= 0.6 is 11.6 Å². The Morgan fingerprint density at radius 3 is 2.44 bits per heavy atom. The highest BCUT2D eigenvalue weighted by Crippen LogP contribution is 2.24. The summed E-state index contributed by atoms with van der Waals surface area (Å²) in [7, 11) is 0. The van der Waals surface area contributed by atoms with Gasteiger partial charge in [0.2, 0.25) is 0 Å². The summed E-state index contributed by atoms with van der Waals surface area (Å²) in [5.41, 5.74) is 0.388. The number of carbonyl (C=O) groups is 1. The van der Waals surface area contributed by atoms with Crippen molar-refractivity contribution in [1.82, 2.24) is 14.9 Å². The molecule has 0 aliphatic heterocycles. The lowest BCUT2D eigenvalue weighted by Crippen LogP contribution is -2.38. The fraction of sp³-hybridized carbons (Fsp3) is 0.346. The van der Waals surface area contributed by atoms with Gasteiger partial charge < -0.3 is 10.4 Å². The van der Waals surface area contributed by atoms with Gasteiger partial charge in [0, 0.05) is 41.6 Å². The summed E-state index contributed by atoms with van der Waals surface area (Å²) in [6.45, 7) is 3.21. The molecule has 36 heavy (non-hydrogen) atoms. The van der Waals surface area contributed by atoms with Crippen molar-refractivity contribution >= 4 is 17.5 Å². The molecule has 10 heteroatoms. The standard InChI is InChI=1S/C26H27ClF3N3O3/c1-25(2,36)16-31-24(35)19-6-3-5-17(13-19)15-33-22(7-4-12-26(28,29)30)32-21(14-23(33)34)18-8-10-20(27)11-9-18/h3,5-6,8-11,13-14,36H,4,7,12,15-16H2,1-2H3,(H,31,35). The summed E-state index contributed by atoms with van der Waals surface area (Å²) in [5, 5.41) is 13.0. The summed E-state index contributed by atoms with van der Waals surface area (Å²) >= 11 is 5.93. The minimum Gasteiger partial charge on any atom is -0.389 e. The Hall–Kier alpha value is -3.17. The molecule has 2 N–H and O–H groups in total. The lowest BCUT2D eigenvalue weighted by molar-refractivity contribution is -0.135. The molecule has 3 aromatic rings. The van der Waals surface area contributed by atoms with Crippen molar-refractivity contribution in [2.24, 2.45) is 0 Å². The van der Waals surface area contributed by atoms with Crippen molar-refractivity contribution in [3.63, 3.8) is 0 Å². The molecule has 0 spiro atoms. The van der Waals surface area contributed by atoms with E-state index in [9.17, 15) is 27.9 Å². The summed E-state index contributed by atoms with van der Waals surface area (Å²) < 4.78 is 39.6. The predicted octanol–water partition coefficient (Wildman–Crippen LogP) is 5.00. The fourth-order valence-corrected chi connectivity index (χ4v) is 3.65. The molecule has 0 atom stereocenters. The number of benzene rings is 2. The first kappa shape index (κ1) is 27.4. The molecule has 6 nitrogen and oxygen atoms in total. The van der Waals surface area contributed by atoms with Crippen LogP contribution in [0.25, 0.3) is 11.3 Å². The van der Waals surface area contributed by atoms with Crippen LogP contribution in [-0.2, 0) is 13.0 Å². The normalized spacial score (nSPS) is 12.0. The zero-order chi connectivity index (χ0) is 26.5. The number of hydrogen-bond donors (Lipinski definition) is 2. The topological polar surface area (TPSA) is 84.2 Å². The van der Waals surface area contributed by atoms with Gasteiger partial charge in [0.1, 0.15) is 5.82 Å². The van der Waals surface area contributed by atoms with Gasteiger partial charge in [0.25, 0.3) is 11.5 Å². The maximum atomic E-state index is 13.1. The van der Waals surface area contributed by atoms with Crippen molar-refractivity contribution in [3.8, 4) is 11.3 Å². The highest BCUT2D eigenvalue weighted by molar-refractivity contribution is 6.30. The van der Waals surface area contributed by atoms with E-state index in [1.165, 1.54) is 10.6 Å². The minimum atomic E-state index is -4.32. The van der Waals surface area contributed by atoms with Crippen LogP contribution in [0.2, 0.25) is 5.02 Å². The van der Waals surface area contributed by atoms with E-state index in [0.717, 1.165) is 0 Å². The van der Waals surface area contributed by atoms with E-state index in [2.05, 4.69) is 10.3 Å². The van der Waals surface area contributed by atoms with E-state index in [4.69, 9.17) is 11.6 Å². The second-order valence-electron chi connectivity index (χ2n) is 9.15. The molecule has 0 fully saturated rings. The highest BCUT2D eigenvalue weighted by atomic mass is 35.5. The largest absolute Gasteiger partial charge is 0.389 e. The maximum Gasteiger partial charge on any atom is 0.389 e. The molecule has 2 aromatic carbocycles. The van der Waals surface area contributed by atoms with Crippen molar-refractivity contribution in [3.05, 3.63) is 86.9 Å². The summed E-state index contributed by atoms with van der Waals surface area (Å²) in [5.74, 6) is -0.179. The van der Waals surface area contributed by atoms with Gasteiger partial charge in [-0.15, -0.1) is 0 Å². The maximum absolute atomic E-state index is 13.1. The van der Waals surface area contributed by atoms with Crippen LogP contribution in [0.1, 0.15) is 48.4 Å².